The molecule has 0 aliphatic rings. The summed E-state index contributed by atoms with van der Waals surface area (Å²) in [5.74, 6) is -0.668. The van der Waals surface area contributed by atoms with Gasteiger partial charge in [-0.2, -0.15) is 0 Å². The molecule has 0 fully saturated rings. The van der Waals surface area contributed by atoms with Crippen LogP contribution in [0.15, 0.2) is 48.7 Å². The summed E-state index contributed by atoms with van der Waals surface area (Å²) < 4.78 is 14.4. The Labute approximate surface area is 123 Å². The predicted molar refractivity (Wildman–Crippen MR) is 77.9 cm³/mol. The summed E-state index contributed by atoms with van der Waals surface area (Å²) in [4.78, 5) is 22.8. The van der Waals surface area contributed by atoms with Gasteiger partial charge in [0.2, 0.25) is 0 Å². The van der Waals surface area contributed by atoms with Crippen molar-refractivity contribution in [2.45, 2.75) is 0 Å². The first-order chi connectivity index (χ1) is 10.1. The molecule has 0 unspecified atom stereocenters. The Hall–Kier alpha value is -2.76. The molecule has 0 bridgehead atoms. The summed E-state index contributed by atoms with van der Waals surface area (Å²) in [7, 11) is 2.45. The second kappa shape index (κ2) is 8.42. The van der Waals surface area contributed by atoms with E-state index in [0.29, 0.717) is 18.0 Å². The number of rotatable bonds is 7. The third-order valence-electron chi connectivity index (χ3n) is 2.37. The third kappa shape index (κ3) is 5.40. The summed E-state index contributed by atoms with van der Waals surface area (Å²) in [5, 5.41) is 2.79. The van der Waals surface area contributed by atoms with Gasteiger partial charge >= 0.3 is 11.9 Å². The number of methoxy groups -OCH3 is 2. The molecule has 1 rings (SSSR count). The van der Waals surface area contributed by atoms with Gasteiger partial charge in [0.15, 0.2) is 0 Å². The number of carbonyl (C=O) groups is 2. The normalized spacial score (nSPS) is 10.5. The smallest absolute Gasteiger partial charge is 0.354 e. The largest absolute Gasteiger partial charge is 0.490 e. The standard InChI is InChI=1S/C15H17NO5/c1-4-9-21-12-7-5-11(6-8-12)16-13(15(18)20-3)10-14(17)19-2/h4-8,10,16H,1,9H2,2-3H3/b13-10+. The molecule has 0 amide bonds. The van der Waals surface area contributed by atoms with Crippen molar-refractivity contribution in [2.24, 2.45) is 0 Å². The highest BCUT2D eigenvalue weighted by atomic mass is 16.5. The van der Waals surface area contributed by atoms with E-state index >= 15 is 0 Å². The molecule has 1 aromatic rings. The zero-order valence-corrected chi connectivity index (χ0v) is 11.9. The number of ether oxygens (including phenoxy) is 3. The minimum absolute atomic E-state index is 0.0240. The van der Waals surface area contributed by atoms with Crippen LogP contribution in [0.5, 0.6) is 5.75 Å². The number of hydrogen-bond donors (Lipinski definition) is 1. The second-order valence-electron chi connectivity index (χ2n) is 3.82. The first kappa shape index (κ1) is 16.3. The average molecular weight is 291 g/mol. The lowest BCUT2D eigenvalue weighted by Crippen LogP contribution is -2.15. The molecule has 0 spiro atoms. The summed E-state index contributed by atoms with van der Waals surface area (Å²) >= 11 is 0. The Morgan fingerprint density at radius 1 is 1.19 bits per heavy atom. The summed E-state index contributed by atoms with van der Waals surface area (Å²) in [5.41, 5.74) is 0.575. The molecule has 6 heteroatoms. The summed E-state index contributed by atoms with van der Waals surface area (Å²) in [6.45, 7) is 3.96. The minimum Gasteiger partial charge on any atom is -0.490 e. The van der Waals surface area contributed by atoms with E-state index in [0.717, 1.165) is 6.08 Å². The van der Waals surface area contributed by atoms with Crippen LogP contribution in [-0.4, -0.2) is 32.8 Å². The van der Waals surface area contributed by atoms with E-state index in [9.17, 15) is 9.59 Å². The van der Waals surface area contributed by atoms with E-state index in [2.05, 4.69) is 21.4 Å². The molecular formula is C15H17NO5. The fourth-order valence-electron chi connectivity index (χ4n) is 1.38. The van der Waals surface area contributed by atoms with Gasteiger partial charge < -0.3 is 19.5 Å². The van der Waals surface area contributed by atoms with Crippen molar-refractivity contribution in [3.8, 4) is 5.75 Å². The maximum absolute atomic E-state index is 11.6. The topological polar surface area (TPSA) is 73.9 Å². The SMILES string of the molecule is C=CCOc1ccc(N/C(=C/C(=O)OC)C(=O)OC)cc1. The van der Waals surface area contributed by atoms with Gasteiger partial charge in [-0.1, -0.05) is 12.7 Å². The molecular weight excluding hydrogens is 274 g/mol. The van der Waals surface area contributed by atoms with Gasteiger partial charge in [0, 0.05) is 5.69 Å². The molecule has 0 aliphatic heterocycles. The lowest BCUT2D eigenvalue weighted by molar-refractivity contribution is -0.138. The lowest BCUT2D eigenvalue weighted by atomic mass is 10.3. The van der Waals surface area contributed by atoms with E-state index in [1.807, 2.05) is 0 Å². The highest BCUT2D eigenvalue weighted by Crippen LogP contribution is 2.17. The van der Waals surface area contributed by atoms with Gasteiger partial charge in [0.1, 0.15) is 18.1 Å². The van der Waals surface area contributed by atoms with Crippen LogP contribution in [-0.2, 0) is 19.1 Å². The number of anilines is 1. The van der Waals surface area contributed by atoms with Crippen LogP contribution in [0.2, 0.25) is 0 Å². The molecule has 0 heterocycles. The van der Waals surface area contributed by atoms with Gasteiger partial charge in [-0.25, -0.2) is 9.59 Å². The van der Waals surface area contributed by atoms with E-state index in [1.54, 1.807) is 30.3 Å². The third-order valence-corrected chi connectivity index (χ3v) is 2.37. The highest BCUT2D eigenvalue weighted by molar-refractivity contribution is 5.98. The molecule has 0 atom stereocenters. The van der Waals surface area contributed by atoms with Crippen LogP contribution < -0.4 is 10.1 Å². The highest BCUT2D eigenvalue weighted by Gasteiger charge is 2.12. The maximum Gasteiger partial charge on any atom is 0.354 e. The first-order valence-corrected chi connectivity index (χ1v) is 6.09. The van der Waals surface area contributed by atoms with Crippen molar-refractivity contribution < 1.29 is 23.8 Å². The van der Waals surface area contributed by atoms with Crippen molar-refractivity contribution in [2.75, 3.05) is 26.1 Å². The fourth-order valence-corrected chi connectivity index (χ4v) is 1.38. The van der Waals surface area contributed by atoms with Gasteiger partial charge in [0.05, 0.1) is 20.3 Å². The van der Waals surface area contributed by atoms with Crippen LogP contribution in [0.3, 0.4) is 0 Å². The Bertz CT molecular complexity index is 533. The quantitative estimate of drug-likeness (QED) is 0.470. The number of nitrogens with one attached hydrogen (secondary N) is 1. The van der Waals surface area contributed by atoms with E-state index < -0.39 is 11.9 Å². The summed E-state index contributed by atoms with van der Waals surface area (Å²) in [6, 6.07) is 6.84. The molecule has 112 valence electrons. The fraction of sp³-hybridized carbons (Fsp3) is 0.200. The maximum atomic E-state index is 11.6. The lowest BCUT2D eigenvalue weighted by Gasteiger charge is -2.10. The van der Waals surface area contributed by atoms with Crippen molar-refractivity contribution in [1.29, 1.82) is 0 Å². The van der Waals surface area contributed by atoms with Gasteiger partial charge in [-0.05, 0) is 24.3 Å². The molecule has 0 saturated heterocycles. The Morgan fingerprint density at radius 2 is 1.86 bits per heavy atom. The molecule has 0 radical (unpaired) electrons. The molecule has 0 saturated carbocycles. The van der Waals surface area contributed by atoms with Gasteiger partial charge in [-0.15, -0.1) is 0 Å². The van der Waals surface area contributed by atoms with Crippen LogP contribution in [0.25, 0.3) is 0 Å². The second-order valence-corrected chi connectivity index (χ2v) is 3.82. The zero-order chi connectivity index (χ0) is 15.7. The van der Waals surface area contributed by atoms with Crippen LogP contribution in [0.4, 0.5) is 5.69 Å². The number of benzene rings is 1. The minimum atomic E-state index is -0.674. The number of esters is 2. The Morgan fingerprint density at radius 3 is 2.38 bits per heavy atom. The molecule has 0 aliphatic carbocycles. The molecule has 1 N–H and O–H groups in total. The van der Waals surface area contributed by atoms with Crippen molar-refractivity contribution in [1.82, 2.24) is 0 Å². The first-order valence-electron chi connectivity index (χ1n) is 6.09. The summed E-state index contributed by atoms with van der Waals surface area (Å²) in [6.07, 6.45) is 2.66. The van der Waals surface area contributed by atoms with Crippen LogP contribution in [0, 0.1) is 0 Å². The van der Waals surface area contributed by atoms with Crippen LogP contribution in [0.1, 0.15) is 0 Å². The predicted octanol–water partition coefficient (Wildman–Crippen LogP) is 1.89. The Kier molecular flexibility index (Phi) is 6.53. The van der Waals surface area contributed by atoms with Gasteiger partial charge in [-0.3, -0.25) is 0 Å². The van der Waals surface area contributed by atoms with Crippen molar-refractivity contribution >= 4 is 17.6 Å². The van der Waals surface area contributed by atoms with E-state index in [1.165, 1.54) is 14.2 Å². The molecule has 21 heavy (non-hydrogen) atoms. The van der Waals surface area contributed by atoms with E-state index in [4.69, 9.17) is 4.74 Å². The number of hydrogen-bond acceptors (Lipinski definition) is 6. The Balaban J connectivity index is 2.83. The monoisotopic (exact) mass is 291 g/mol. The zero-order valence-electron chi connectivity index (χ0n) is 11.9. The average Bonchev–Trinajstić information content (AvgIpc) is 2.52. The molecule has 6 nitrogen and oxygen atoms in total. The van der Waals surface area contributed by atoms with Gasteiger partial charge in [0.25, 0.3) is 0 Å². The van der Waals surface area contributed by atoms with E-state index in [-0.39, 0.29) is 5.70 Å². The molecule has 1 aromatic carbocycles. The molecule has 0 aromatic heterocycles. The number of carbonyl (C=O) groups excluding carboxylic acids is 2. The van der Waals surface area contributed by atoms with Crippen molar-refractivity contribution in [3.63, 3.8) is 0 Å². The van der Waals surface area contributed by atoms with Crippen LogP contribution >= 0.6 is 0 Å². The van der Waals surface area contributed by atoms with Crippen molar-refractivity contribution in [3.05, 3.63) is 48.7 Å².